The van der Waals surface area contributed by atoms with Crippen LogP contribution in [0.25, 0.3) is 0 Å². The molecular weight excluding hydrogens is 200 g/mol. The fourth-order valence-corrected chi connectivity index (χ4v) is 1.51. The Morgan fingerprint density at radius 3 is 2.25 bits per heavy atom. The third kappa shape index (κ3) is 4.05. The summed E-state index contributed by atoms with van der Waals surface area (Å²) in [7, 11) is 0. The highest BCUT2D eigenvalue weighted by Crippen LogP contribution is 2.12. The van der Waals surface area contributed by atoms with E-state index in [0.29, 0.717) is 0 Å². The fraction of sp³-hybridized carbons (Fsp3) is 0.500. The van der Waals surface area contributed by atoms with Gasteiger partial charge in [0.1, 0.15) is 0 Å². The molecule has 0 N–H and O–H groups in total. The summed E-state index contributed by atoms with van der Waals surface area (Å²) in [6, 6.07) is 8.26. The zero-order valence-electron chi connectivity index (χ0n) is 10.5. The highest BCUT2D eigenvalue weighted by molar-refractivity contribution is 5.72. The Hall–Kier alpha value is -1.31. The van der Waals surface area contributed by atoms with E-state index in [1.165, 1.54) is 11.1 Å². The minimum Gasteiger partial charge on any atom is -0.463 e. The fourth-order valence-electron chi connectivity index (χ4n) is 1.51. The molecule has 0 heterocycles. The molecule has 0 unspecified atom stereocenters. The molecule has 0 amide bonds. The Morgan fingerprint density at radius 1 is 1.19 bits per heavy atom. The SMILES string of the molecule is Cc1ccc(C[C@H](C)C(=O)OC(C)C)cc1. The van der Waals surface area contributed by atoms with Crippen LogP contribution in [-0.2, 0) is 16.0 Å². The van der Waals surface area contributed by atoms with Crippen molar-refractivity contribution in [1.82, 2.24) is 0 Å². The molecule has 88 valence electrons. The van der Waals surface area contributed by atoms with Gasteiger partial charge < -0.3 is 4.74 Å². The molecule has 0 radical (unpaired) electrons. The maximum atomic E-state index is 11.6. The molecule has 2 nitrogen and oxygen atoms in total. The predicted octanol–water partition coefficient (Wildman–Crippen LogP) is 3.13. The highest BCUT2D eigenvalue weighted by Gasteiger charge is 2.15. The van der Waals surface area contributed by atoms with E-state index in [9.17, 15) is 4.79 Å². The maximum Gasteiger partial charge on any atom is 0.309 e. The van der Waals surface area contributed by atoms with Gasteiger partial charge in [-0.2, -0.15) is 0 Å². The van der Waals surface area contributed by atoms with Gasteiger partial charge in [-0.15, -0.1) is 0 Å². The van der Waals surface area contributed by atoms with Crippen LogP contribution in [0.4, 0.5) is 0 Å². The number of carbonyl (C=O) groups excluding carboxylic acids is 1. The van der Waals surface area contributed by atoms with Gasteiger partial charge in [0.05, 0.1) is 12.0 Å². The quantitative estimate of drug-likeness (QED) is 0.729. The zero-order chi connectivity index (χ0) is 12.1. The number of hydrogen-bond donors (Lipinski definition) is 0. The van der Waals surface area contributed by atoms with Crippen LogP contribution >= 0.6 is 0 Å². The molecule has 2 heteroatoms. The van der Waals surface area contributed by atoms with E-state index in [-0.39, 0.29) is 18.0 Å². The lowest BCUT2D eigenvalue weighted by atomic mass is 10.0. The van der Waals surface area contributed by atoms with Gasteiger partial charge in [0, 0.05) is 0 Å². The van der Waals surface area contributed by atoms with E-state index in [1.807, 2.05) is 20.8 Å². The average Bonchev–Trinajstić information content (AvgIpc) is 2.20. The number of esters is 1. The van der Waals surface area contributed by atoms with Gasteiger partial charge in [-0.05, 0) is 32.8 Å². The molecule has 1 atom stereocenters. The first-order valence-corrected chi connectivity index (χ1v) is 5.75. The molecule has 0 aromatic heterocycles. The van der Waals surface area contributed by atoms with Gasteiger partial charge in [0.25, 0.3) is 0 Å². The van der Waals surface area contributed by atoms with Crippen LogP contribution in [-0.4, -0.2) is 12.1 Å². The van der Waals surface area contributed by atoms with E-state index >= 15 is 0 Å². The van der Waals surface area contributed by atoms with Crippen molar-refractivity contribution in [3.05, 3.63) is 35.4 Å². The largest absolute Gasteiger partial charge is 0.463 e. The van der Waals surface area contributed by atoms with Gasteiger partial charge >= 0.3 is 5.97 Å². The second-order valence-corrected chi connectivity index (χ2v) is 4.58. The Morgan fingerprint density at radius 2 is 1.75 bits per heavy atom. The van der Waals surface area contributed by atoms with Crippen molar-refractivity contribution in [3.63, 3.8) is 0 Å². The summed E-state index contributed by atoms with van der Waals surface area (Å²) in [5.41, 5.74) is 2.42. The van der Waals surface area contributed by atoms with Gasteiger partial charge in [-0.3, -0.25) is 4.79 Å². The molecule has 0 bridgehead atoms. The summed E-state index contributed by atoms with van der Waals surface area (Å²) >= 11 is 0. The molecular formula is C14H20O2. The van der Waals surface area contributed by atoms with Crippen molar-refractivity contribution in [2.45, 2.75) is 40.2 Å². The van der Waals surface area contributed by atoms with Crippen LogP contribution in [0.5, 0.6) is 0 Å². The summed E-state index contributed by atoms with van der Waals surface area (Å²) in [6.45, 7) is 7.71. The standard InChI is InChI=1S/C14H20O2/c1-10(2)16-14(15)12(4)9-13-7-5-11(3)6-8-13/h5-8,10,12H,9H2,1-4H3/t12-/m0/s1. The number of rotatable bonds is 4. The summed E-state index contributed by atoms with van der Waals surface area (Å²) in [4.78, 5) is 11.6. The average molecular weight is 220 g/mol. The topological polar surface area (TPSA) is 26.3 Å². The van der Waals surface area contributed by atoms with Gasteiger partial charge in [0.2, 0.25) is 0 Å². The number of aryl methyl sites for hydroxylation is 1. The molecule has 0 saturated heterocycles. The van der Waals surface area contributed by atoms with Crippen molar-refractivity contribution in [3.8, 4) is 0 Å². The molecule has 0 aliphatic carbocycles. The van der Waals surface area contributed by atoms with Crippen LogP contribution in [0.15, 0.2) is 24.3 Å². The number of benzene rings is 1. The first-order chi connectivity index (χ1) is 7.49. The lowest BCUT2D eigenvalue weighted by Gasteiger charge is -2.13. The van der Waals surface area contributed by atoms with E-state index < -0.39 is 0 Å². The number of ether oxygens (including phenoxy) is 1. The molecule has 0 aliphatic rings. The monoisotopic (exact) mass is 220 g/mol. The predicted molar refractivity (Wildman–Crippen MR) is 65.3 cm³/mol. The van der Waals surface area contributed by atoms with E-state index in [4.69, 9.17) is 4.74 Å². The summed E-state index contributed by atoms with van der Waals surface area (Å²) in [5.74, 6) is -0.194. The minimum absolute atomic E-state index is 0.0343. The van der Waals surface area contributed by atoms with Crippen LogP contribution in [0, 0.1) is 12.8 Å². The van der Waals surface area contributed by atoms with Gasteiger partial charge in [-0.1, -0.05) is 36.8 Å². The van der Waals surface area contributed by atoms with Crippen LogP contribution < -0.4 is 0 Å². The smallest absolute Gasteiger partial charge is 0.309 e. The Kier molecular flexibility index (Phi) is 4.53. The van der Waals surface area contributed by atoms with E-state index in [0.717, 1.165) is 6.42 Å². The number of carbonyl (C=O) groups is 1. The van der Waals surface area contributed by atoms with Gasteiger partial charge in [-0.25, -0.2) is 0 Å². The van der Waals surface area contributed by atoms with Crippen molar-refractivity contribution < 1.29 is 9.53 Å². The molecule has 1 aromatic rings. The van der Waals surface area contributed by atoms with E-state index in [2.05, 4.69) is 31.2 Å². The van der Waals surface area contributed by atoms with Gasteiger partial charge in [0.15, 0.2) is 0 Å². The zero-order valence-corrected chi connectivity index (χ0v) is 10.5. The van der Waals surface area contributed by atoms with Crippen LogP contribution in [0.2, 0.25) is 0 Å². The lowest BCUT2D eigenvalue weighted by molar-refractivity contribution is -0.151. The lowest BCUT2D eigenvalue weighted by Crippen LogP contribution is -2.20. The first kappa shape index (κ1) is 12.8. The molecule has 0 spiro atoms. The normalized spacial score (nSPS) is 12.6. The maximum absolute atomic E-state index is 11.6. The molecule has 1 rings (SSSR count). The third-order valence-corrected chi connectivity index (χ3v) is 2.42. The van der Waals surface area contributed by atoms with Crippen molar-refractivity contribution in [1.29, 1.82) is 0 Å². The van der Waals surface area contributed by atoms with Crippen LogP contribution in [0.3, 0.4) is 0 Å². The summed E-state index contributed by atoms with van der Waals surface area (Å²) in [6.07, 6.45) is 0.708. The highest BCUT2D eigenvalue weighted by atomic mass is 16.5. The first-order valence-electron chi connectivity index (χ1n) is 5.75. The second kappa shape index (κ2) is 5.69. The van der Waals surface area contributed by atoms with Crippen molar-refractivity contribution >= 4 is 5.97 Å². The molecule has 16 heavy (non-hydrogen) atoms. The summed E-state index contributed by atoms with van der Waals surface area (Å²) in [5, 5.41) is 0. The van der Waals surface area contributed by atoms with Crippen molar-refractivity contribution in [2.24, 2.45) is 5.92 Å². The molecule has 0 saturated carbocycles. The molecule has 0 fully saturated rings. The second-order valence-electron chi connectivity index (χ2n) is 4.58. The Balaban J connectivity index is 2.53. The van der Waals surface area contributed by atoms with Crippen molar-refractivity contribution in [2.75, 3.05) is 0 Å². The molecule has 1 aromatic carbocycles. The van der Waals surface area contributed by atoms with Crippen LogP contribution in [0.1, 0.15) is 31.9 Å². The summed E-state index contributed by atoms with van der Waals surface area (Å²) < 4.78 is 5.17. The Labute approximate surface area is 97.6 Å². The minimum atomic E-state index is -0.115. The molecule has 0 aliphatic heterocycles. The third-order valence-electron chi connectivity index (χ3n) is 2.42. The number of hydrogen-bond acceptors (Lipinski definition) is 2. The van der Waals surface area contributed by atoms with E-state index in [1.54, 1.807) is 0 Å². The Bertz CT molecular complexity index is 338.